The lowest BCUT2D eigenvalue weighted by Crippen LogP contribution is -2.22. The van der Waals surface area contributed by atoms with Crippen LogP contribution in [0.1, 0.15) is 24.8 Å². The number of aromatic nitrogens is 2. The predicted octanol–water partition coefficient (Wildman–Crippen LogP) is 0.499. The van der Waals surface area contributed by atoms with Gasteiger partial charge in [-0.15, -0.1) is 0 Å². The van der Waals surface area contributed by atoms with Gasteiger partial charge < -0.3 is 16.3 Å². The SMILES string of the molecule is Cn1ncc(C(N)=NO)c1NC(=O)C1C2CCCC21. The Kier molecular flexibility index (Phi) is 2.69. The first kappa shape index (κ1) is 12.0. The highest BCUT2D eigenvalue weighted by Crippen LogP contribution is 2.57. The monoisotopic (exact) mass is 263 g/mol. The average molecular weight is 263 g/mol. The van der Waals surface area contributed by atoms with Crippen LogP contribution in [0.4, 0.5) is 5.82 Å². The quantitative estimate of drug-likeness (QED) is 0.319. The summed E-state index contributed by atoms with van der Waals surface area (Å²) in [5.41, 5.74) is 6.00. The Bertz CT molecular complexity index is 540. The molecule has 1 aromatic rings. The summed E-state index contributed by atoms with van der Waals surface area (Å²) in [6, 6.07) is 0. The minimum atomic E-state index is -0.0561. The number of amidine groups is 1. The molecular weight excluding hydrogens is 246 g/mol. The van der Waals surface area contributed by atoms with Crippen molar-refractivity contribution in [3.63, 3.8) is 0 Å². The summed E-state index contributed by atoms with van der Waals surface area (Å²) >= 11 is 0. The van der Waals surface area contributed by atoms with Crippen LogP contribution in [0.2, 0.25) is 0 Å². The van der Waals surface area contributed by atoms with Crippen LogP contribution in [-0.4, -0.2) is 26.7 Å². The highest BCUT2D eigenvalue weighted by Gasteiger charge is 2.56. The van der Waals surface area contributed by atoms with E-state index in [0.717, 1.165) is 12.8 Å². The van der Waals surface area contributed by atoms with E-state index in [9.17, 15) is 4.79 Å². The van der Waals surface area contributed by atoms with Gasteiger partial charge in [0.05, 0.1) is 11.8 Å². The standard InChI is InChI=1S/C12H17N5O2/c1-17-11(8(5-14-17)10(13)16-19)15-12(18)9-6-3-2-4-7(6)9/h5-7,9,19H,2-4H2,1H3,(H2,13,16)(H,15,18). The zero-order valence-electron chi connectivity index (χ0n) is 10.7. The van der Waals surface area contributed by atoms with Crippen molar-refractivity contribution in [2.45, 2.75) is 19.3 Å². The summed E-state index contributed by atoms with van der Waals surface area (Å²) in [7, 11) is 1.71. The van der Waals surface area contributed by atoms with Crippen molar-refractivity contribution in [2.75, 3.05) is 5.32 Å². The van der Waals surface area contributed by atoms with E-state index in [1.54, 1.807) is 7.05 Å². The number of carbonyl (C=O) groups excluding carboxylic acids is 1. The number of amides is 1. The van der Waals surface area contributed by atoms with Crippen LogP contribution < -0.4 is 11.1 Å². The maximum Gasteiger partial charge on any atom is 0.229 e. The molecular formula is C12H17N5O2. The number of aryl methyl sites for hydroxylation is 1. The molecule has 2 unspecified atom stereocenters. The number of hydrogen-bond acceptors (Lipinski definition) is 4. The highest BCUT2D eigenvalue weighted by atomic mass is 16.4. The van der Waals surface area contributed by atoms with Gasteiger partial charge in [-0.1, -0.05) is 11.6 Å². The summed E-state index contributed by atoms with van der Waals surface area (Å²) in [4.78, 5) is 12.2. The molecule has 19 heavy (non-hydrogen) atoms. The number of nitrogens with two attached hydrogens (primary N) is 1. The Hall–Kier alpha value is -2.05. The van der Waals surface area contributed by atoms with E-state index >= 15 is 0 Å². The van der Waals surface area contributed by atoms with Crippen molar-refractivity contribution >= 4 is 17.6 Å². The molecule has 2 aliphatic carbocycles. The Balaban J connectivity index is 1.76. The van der Waals surface area contributed by atoms with Crippen molar-refractivity contribution < 1.29 is 10.0 Å². The van der Waals surface area contributed by atoms with Crippen LogP contribution in [0.15, 0.2) is 11.4 Å². The smallest absolute Gasteiger partial charge is 0.229 e. The molecule has 4 N–H and O–H groups in total. The fourth-order valence-corrected chi connectivity index (χ4v) is 3.24. The molecule has 0 bridgehead atoms. The maximum absolute atomic E-state index is 12.2. The molecule has 3 rings (SSSR count). The molecule has 2 fully saturated rings. The lowest BCUT2D eigenvalue weighted by molar-refractivity contribution is -0.118. The van der Waals surface area contributed by atoms with Crippen molar-refractivity contribution in [3.05, 3.63) is 11.8 Å². The Morgan fingerprint density at radius 1 is 1.58 bits per heavy atom. The summed E-state index contributed by atoms with van der Waals surface area (Å²) in [6.07, 6.45) is 5.01. The predicted molar refractivity (Wildman–Crippen MR) is 68.7 cm³/mol. The summed E-state index contributed by atoms with van der Waals surface area (Å²) in [5, 5.41) is 18.5. The van der Waals surface area contributed by atoms with Crippen molar-refractivity contribution in [2.24, 2.45) is 35.7 Å². The topological polar surface area (TPSA) is 106 Å². The average Bonchev–Trinajstić information content (AvgIpc) is 2.74. The molecule has 1 aromatic heterocycles. The van der Waals surface area contributed by atoms with Gasteiger partial charge in [0.15, 0.2) is 5.84 Å². The molecule has 7 nitrogen and oxygen atoms in total. The Labute approximate surface area is 110 Å². The molecule has 7 heteroatoms. The van der Waals surface area contributed by atoms with Gasteiger partial charge >= 0.3 is 0 Å². The first-order chi connectivity index (χ1) is 9.13. The summed E-state index contributed by atoms with van der Waals surface area (Å²) in [6.45, 7) is 0. The summed E-state index contributed by atoms with van der Waals surface area (Å²) in [5.74, 6) is 1.68. The van der Waals surface area contributed by atoms with Crippen LogP contribution in [0.3, 0.4) is 0 Å². The molecule has 2 atom stereocenters. The molecule has 0 spiro atoms. The number of oxime groups is 1. The number of carbonyl (C=O) groups is 1. The van der Waals surface area contributed by atoms with E-state index in [1.165, 1.54) is 17.3 Å². The number of nitrogens with one attached hydrogen (secondary N) is 1. The van der Waals surface area contributed by atoms with Gasteiger partial charge in [0.2, 0.25) is 5.91 Å². The van der Waals surface area contributed by atoms with E-state index in [2.05, 4.69) is 15.6 Å². The van der Waals surface area contributed by atoms with E-state index in [4.69, 9.17) is 10.9 Å². The van der Waals surface area contributed by atoms with Gasteiger partial charge in [0, 0.05) is 13.0 Å². The molecule has 0 saturated heterocycles. The minimum absolute atomic E-state index is 0.0188. The van der Waals surface area contributed by atoms with Crippen molar-refractivity contribution in [3.8, 4) is 0 Å². The van der Waals surface area contributed by atoms with E-state index in [1.807, 2.05) is 0 Å². The van der Waals surface area contributed by atoms with Gasteiger partial charge in [-0.2, -0.15) is 5.10 Å². The Morgan fingerprint density at radius 3 is 2.89 bits per heavy atom. The molecule has 0 aliphatic heterocycles. The third-order valence-electron chi connectivity index (χ3n) is 4.27. The minimum Gasteiger partial charge on any atom is -0.409 e. The van der Waals surface area contributed by atoms with Crippen molar-refractivity contribution in [1.82, 2.24) is 9.78 Å². The van der Waals surface area contributed by atoms with Crippen molar-refractivity contribution in [1.29, 1.82) is 0 Å². The first-order valence-corrected chi connectivity index (χ1v) is 6.44. The van der Waals surface area contributed by atoms with Gasteiger partial charge in [0.1, 0.15) is 5.82 Å². The third kappa shape index (κ3) is 1.85. The second-order valence-electron chi connectivity index (χ2n) is 5.29. The van der Waals surface area contributed by atoms with Crippen LogP contribution >= 0.6 is 0 Å². The molecule has 1 amide bonds. The van der Waals surface area contributed by atoms with E-state index in [-0.39, 0.29) is 17.7 Å². The zero-order chi connectivity index (χ0) is 13.6. The fourth-order valence-electron chi connectivity index (χ4n) is 3.24. The lowest BCUT2D eigenvalue weighted by atomic mass is 10.1. The van der Waals surface area contributed by atoms with E-state index < -0.39 is 0 Å². The highest BCUT2D eigenvalue weighted by molar-refractivity contribution is 6.05. The first-order valence-electron chi connectivity index (χ1n) is 6.44. The molecule has 102 valence electrons. The third-order valence-corrected chi connectivity index (χ3v) is 4.27. The number of hydrogen-bond donors (Lipinski definition) is 3. The van der Waals surface area contributed by atoms with Crippen LogP contribution in [0.25, 0.3) is 0 Å². The number of rotatable bonds is 3. The summed E-state index contributed by atoms with van der Waals surface area (Å²) < 4.78 is 1.52. The largest absolute Gasteiger partial charge is 0.409 e. The van der Waals surface area contributed by atoms with E-state index in [0.29, 0.717) is 23.2 Å². The van der Waals surface area contributed by atoms with Gasteiger partial charge in [-0.3, -0.25) is 9.48 Å². The zero-order valence-corrected chi connectivity index (χ0v) is 10.7. The second-order valence-corrected chi connectivity index (χ2v) is 5.29. The number of fused-ring (bicyclic) bond motifs is 1. The number of nitrogens with zero attached hydrogens (tertiary/aromatic N) is 3. The van der Waals surface area contributed by atoms with Crippen LogP contribution in [0.5, 0.6) is 0 Å². The molecule has 0 radical (unpaired) electrons. The molecule has 1 heterocycles. The molecule has 0 aromatic carbocycles. The fraction of sp³-hybridized carbons (Fsp3) is 0.583. The van der Waals surface area contributed by atoms with Crippen LogP contribution in [-0.2, 0) is 11.8 Å². The van der Waals surface area contributed by atoms with Gasteiger partial charge in [-0.25, -0.2) is 0 Å². The lowest BCUT2D eigenvalue weighted by Gasteiger charge is -2.08. The molecule has 2 aliphatic rings. The normalized spacial score (nSPS) is 29.1. The van der Waals surface area contributed by atoms with Gasteiger partial charge in [-0.05, 0) is 24.7 Å². The Morgan fingerprint density at radius 2 is 2.26 bits per heavy atom. The van der Waals surface area contributed by atoms with Gasteiger partial charge in [0.25, 0.3) is 0 Å². The van der Waals surface area contributed by atoms with Crippen LogP contribution in [0, 0.1) is 17.8 Å². The second kappa shape index (κ2) is 4.25. The maximum atomic E-state index is 12.2. The molecule has 2 saturated carbocycles. The number of anilines is 1.